The molecule has 1 aromatic carbocycles. The van der Waals surface area contributed by atoms with Gasteiger partial charge in [-0.05, 0) is 57.2 Å². The Hall–Kier alpha value is -1.77. The minimum absolute atomic E-state index is 0.0217. The van der Waals surface area contributed by atoms with Crippen LogP contribution in [-0.4, -0.2) is 69.9 Å². The summed E-state index contributed by atoms with van der Waals surface area (Å²) in [6, 6.07) is 7.61. The van der Waals surface area contributed by atoms with E-state index < -0.39 is 12.0 Å². The van der Waals surface area contributed by atoms with Crippen molar-refractivity contribution in [3.63, 3.8) is 0 Å². The molecule has 7 nitrogen and oxygen atoms in total. The Labute approximate surface area is 187 Å². The fourth-order valence-corrected chi connectivity index (χ4v) is 6.63. The van der Waals surface area contributed by atoms with Crippen molar-refractivity contribution in [2.75, 3.05) is 13.7 Å². The van der Waals surface area contributed by atoms with E-state index in [0.717, 1.165) is 31.4 Å². The molecule has 3 aliphatic rings. The van der Waals surface area contributed by atoms with Gasteiger partial charge in [-0.25, -0.2) is 0 Å². The third-order valence-electron chi connectivity index (χ3n) is 6.58. The largest absolute Gasteiger partial charge is 0.497 e. The first kappa shape index (κ1) is 22.4. The molecule has 3 aliphatic heterocycles. The highest BCUT2D eigenvalue weighted by Crippen LogP contribution is 2.50. The molecule has 4 rings (SSSR count). The van der Waals surface area contributed by atoms with Gasteiger partial charge in [0, 0.05) is 17.7 Å². The quantitative estimate of drug-likeness (QED) is 0.632. The van der Waals surface area contributed by atoms with Crippen LogP contribution in [0, 0.1) is 0 Å². The number of carboxylic acid groups (broad SMARTS) is 1. The second-order valence-electron chi connectivity index (χ2n) is 9.27. The molecule has 1 amide bonds. The van der Waals surface area contributed by atoms with E-state index in [1.165, 1.54) is 5.56 Å². The maximum atomic E-state index is 12.5. The Morgan fingerprint density at radius 3 is 2.65 bits per heavy atom. The number of thioether (sulfide) groups is 1. The van der Waals surface area contributed by atoms with Gasteiger partial charge in [0.15, 0.2) is 0 Å². The van der Waals surface area contributed by atoms with Crippen molar-refractivity contribution < 1.29 is 24.2 Å². The monoisotopic (exact) mass is 448 g/mol. The van der Waals surface area contributed by atoms with Gasteiger partial charge in [-0.15, -0.1) is 11.8 Å². The number of nitrogens with zero attached hydrogens (tertiary/aromatic N) is 1. The molecule has 3 heterocycles. The van der Waals surface area contributed by atoms with Gasteiger partial charge in [0.05, 0.1) is 30.7 Å². The molecule has 0 bridgehead atoms. The van der Waals surface area contributed by atoms with Crippen LogP contribution in [0.25, 0.3) is 0 Å². The number of amides is 1. The summed E-state index contributed by atoms with van der Waals surface area (Å²) in [4.78, 5) is 26.1. The number of methoxy groups -OCH3 is 1. The number of fused-ring (bicyclic) bond motifs is 1. The summed E-state index contributed by atoms with van der Waals surface area (Å²) in [6.07, 6.45) is 4.37. The molecule has 0 spiro atoms. The molecule has 0 aliphatic carbocycles. The van der Waals surface area contributed by atoms with Gasteiger partial charge in [0.2, 0.25) is 5.91 Å². The minimum Gasteiger partial charge on any atom is -0.497 e. The number of carbonyl (C=O) groups excluding carboxylic acids is 1. The van der Waals surface area contributed by atoms with Crippen LogP contribution < -0.4 is 10.1 Å². The van der Waals surface area contributed by atoms with Crippen molar-refractivity contribution in [1.82, 2.24) is 10.2 Å². The molecule has 8 heteroatoms. The lowest BCUT2D eigenvalue weighted by molar-refractivity contribution is -0.146. The fraction of sp³-hybridized carbons (Fsp3) is 0.652. The number of rotatable bonds is 8. The van der Waals surface area contributed by atoms with Crippen LogP contribution in [0.2, 0.25) is 0 Å². The van der Waals surface area contributed by atoms with Crippen molar-refractivity contribution in [3.05, 3.63) is 29.8 Å². The van der Waals surface area contributed by atoms with Crippen molar-refractivity contribution >= 4 is 23.6 Å². The van der Waals surface area contributed by atoms with E-state index in [9.17, 15) is 14.7 Å². The summed E-state index contributed by atoms with van der Waals surface area (Å²) in [5.41, 5.74) is 1.23. The van der Waals surface area contributed by atoms with E-state index in [4.69, 9.17) is 9.47 Å². The summed E-state index contributed by atoms with van der Waals surface area (Å²) in [6.45, 7) is 4.54. The van der Waals surface area contributed by atoms with Crippen LogP contribution in [0.4, 0.5) is 0 Å². The normalized spacial score (nSPS) is 31.6. The first-order valence-corrected chi connectivity index (χ1v) is 11.9. The zero-order valence-electron chi connectivity index (χ0n) is 18.4. The van der Waals surface area contributed by atoms with Crippen LogP contribution in [-0.2, 0) is 20.7 Å². The average Bonchev–Trinajstić information content (AvgIpc) is 3.25. The highest BCUT2D eigenvalue weighted by molar-refractivity contribution is 8.01. The molecule has 170 valence electrons. The van der Waals surface area contributed by atoms with Crippen molar-refractivity contribution in [3.8, 4) is 5.75 Å². The fourth-order valence-electron chi connectivity index (χ4n) is 4.99. The molecular weight excluding hydrogens is 416 g/mol. The summed E-state index contributed by atoms with van der Waals surface area (Å²) in [5.74, 6) is 0.101. The summed E-state index contributed by atoms with van der Waals surface area (Å²) in [7, 11) is 1.66. The van der Waals surface area contributed by atoms with Crippen molar-refractivity contribution in [2.24, 2.45) is 0 Å². The highest BCUT2D eigenvalue weighted by atomic mass is 32.2. The number of nitrogens with one attached hydrogen (secondary N) is 1. The molecule has 0 aromatic heterocycles. The summed E-state index contributed by atoms with van der Waals surface area (Å²) >= 11 is 1.65. The highest BCUT2D eigenvalue weighted by Gasteiger charge is 2.59. The summed E-state index contributed by atoms with van der Waals surface area (Å²) < 4.78 is 11.0. The van der Waals surface area contributed by atoms with Crippen LogP contribution in [0.1, 0.15) is 45.1 Å². The smallest absolute Gasteiger partial charge is 0.322 e. The van der Waals surface area contributed by atoms with Gasteiger partial charge < -0.3 is 19.9 Å². The third-order valence-corrected chi connectivity index (χ3v) is 8.26. The first-order valence-electron chi connectivity index (χ1n) is 11.0. The molecule has 3 saturated heterocycles. The van der Waals surface area contributed by atoms with Gasteiger partial charge in [-0.3, -0.25) is 14.5 Å². The standard InChI is InChI=1S/C23H32N2O5S/c1-23(2)20(22(27)28)25-13-18(21(25)31-23)24-19(26)11-10-16-8-9-17(30-16)12-14-4-6-15(29-3)7-5-14/h4-7,16-18,20-21H,8-13H2,1-3H3,(H,24,26)(H,27,28). The topological polar surface area (TPSA) is 88.1 Å². The Balaban J connectivity index is 1.18. The van der Waals surface area contributed by atoms with Gasteiger partial charge in [-0.2, -0.15) is 0 Å². The Morgan fingerprint density at radius 1 is 1.26 bits per heavy atom. The van der Waals surface area contributed by atoms with E-state index in [1.807, 2.05) is 30.9 Å². The maximum absolute atomic E-state index is 12.5. The Kier molecular flexibility index (Phi) is 6.51. The van der Waals surface area contributed by atoms with E-state index in [2.05, 4.69) is 17.4 Å². The Bertz CT molecular complexity index is 815. The molecule has 5 unspecified atom stereocenters. The van der Waals surface area contributed by atoms with Crippen molar-refractivity contribution in [1.29, 1.82) is 0 Å². The number of carbonyl (C=O) groups is 2. The molecule has 1 aromatic rings. The number of hydrogen-bond acceptors (Lipinski definition) is 6. The molecule has 0 saturated carbocycles. The van der Waals surface area contributed by atoms with Crippen LogP contribution in [0.3, 0.4) is 0 Å². The lowest BCUT2D eigenvalue weighted by Gasteiger charge is -2.44. The zero-order chi connectivity index (χ0) is 22.2. The number of aliphatic carboxylic acids is 1. The number of ether oxygens (including phenoxy) is 2. The molecule has 31 heavy (non-hydrogen) atoms. The first-order chi connectivity index (χ1) is 14.8. The predicted molar refractivity (Wildman–Crippen MR) is 119 cm³/mol. The van der Waals surface area contributed by atoms with E-state index in [-0.39, 0.29) is 34.3 Å². The maximum Gasteiger partial charge on any atom is 0.322 e. The van der Waals surface area contributed by atoms with Crippen LogP contribution >= 0.6 is 11.8 Å². The molecule has 0 radical (unpaired) electrons. The second kappa shape index (κ2) is 9.00. The van der Waals surface area contributed by atoms with Gasteiger partial charge >= 0.3 is 5.97 Å². The Morgan fingerprint density at radius 2 is 1.97 bits per heavy atom. The predicted octanol–water partition coefficient (Wildman–Crippen LogP) is 2.67. The van der Waals surface area contributed by atoms with Gasteiger partial charge in [-0.1, -0.05) is 12.1 Å². The van der Waals surface area contributed by atoms with Gasteiger partial charge in [0.25, 0.3) is 0 Å². The molecule has 2 N–H and O–H groups in total. The molecule has 5 atom stereocenters. The van der Waals surface area contributed by atoms with Crippen molar-refractivity contribution in [2.45, 2.75) is 80.4 Å². The zero-order valence-corrected chi connectivity index (χ0v) is 19.2. The average molecular weight is 449 g/mol. The number of hydrogen-bond donors (Lipinski definition) is 2. The minimum atomic E-state index is -0.785. The SMILES string of the molecule is COc1ccc(CC2CCC(CCC(=O)NC3CN4C3SC(C)(C)C4C(=O)O)O2)cc1. The van der Waals surface area contributed by atoms with Crippen LogP contribution in [0.15, 0.2) is 24.3 Å². The third kappa shape index (κ3) is 4.86. The van der Waals surface area contributed by atoms with Gasteiger partial charge in [0.1, 0.15) is 11.8 Å². The van der Waals surface area contributed by atoms with E-state index in [0.29, 0.717) is 13.0 Å². The lowest BCUT2D eigenvalue weighted by atomic mass is 9.96. The molecule has 3 fully saturated rings. The number of benzene rings is 1. The molecular formula is C23H32N2O5S. The summed E-state index contributed by atoms with van der Waals surface area (Å²) in [5, 5.41) is 12.7. The van der Waals surface area contributed by atoms with E-state index in [1.54, 1.807) is 18.9 Å². The lowest BCUT2D eigenvalue weighted by Crippen LogP contribution is -2.66. The second-order valence-corrected chi connectivity index (χ2v) is 11.0. The number of carboxylic acids is 1. The van der Waals surface area contributed by atoms with Crippen LogP contribution in [0.5, 0.6) is 5.75 Å². The van der Waals surface area contributed by atoms with E-state index >= 15 is 0 Å².